The van der Waals surface area contributed by atoms with Crippen molar-refractivity contribution in [3.8, 4) is 11.1 Å². The number of hydrogen-bond donors (Lipinski definition) is 2. The van der Waals surface area contributed by atoms with E-state index >= 15 is 0 Å². The molecule has 0 fully saturated rings. The molecule has 6 heteroatoms. The molecule has 24 heavy (non-hydrogen) atoms. The van der Waals surface area contributed by atoms with E-state index in [1.807, 2.05) is 30.3 Å². The van der Waals surface area contributed by atoms with Crippen molar-refractivity contribution in [3.05, 3.63) is 64.0 Å². The molecule has 0 radical (unpaired) electrons. The van der Waals surface area contributed by atoms with Gasteiger partial charge in [0.1, 0.15) is 5.58 Å². The second kappa shape index (κ2) is 6.76. The van der Waals surface area contributed by atoms with Gasteiger partial charge in [0.2, 0.25) is 0 Å². The Labute approximate surface area is 142 Å². The first-order valence-electron chi connectivity index (χ1n) is 7.33. The fourth-order valence-electron chi connectivity index (χ4n) is 2.49. The number of carboxylic acid groups (broad SMARTS) is 1. The largest absolute Gasteiger partial charge is 0.481 e. The molecule has 0 spiro atoms. The van der Waals surface area contributed by atoms with Crippen molar-refractivity contribution < 1.29 is 14.3 Å². The van der Waals surface area contributed by atoms with Crippen LogP contribution in [0.4, 0.5) is 5.69 Å². The minimum atomic E-state index is -0.879. The predicted octanol–water partition coefficient (Wildman–Crippen LogP) is 4.00. The van der Waals surface area contributed by atoms with Gasteiger partial charge < -0.3 is 14.8 Å². The molecule has 0 unspecified atom stereocenters. The lowest BCUT2D eigenvalue weighted by atomic mass is 10.0. The fourth-order valence-corrected chi connectivity index (χ4v) is 2.73. The van der Waals surface area contributed by atoms with E-state index in [1.54, 1.807) is 12.1 Å². The molecule has 0 saturated carbocycles. The molecular formula is C18H14ClNO4. The highest BCUT2D eigenvalue weighted by molar-refractivity contribution is 6.33. The Balaban J connectivity index is 2.04. The fraction of sp³-hybridized carbons (Fsp3) is 0.111. The van der Waals surface area contributed by atoms with Crippen molar-refractivity contribution in [2.75, 3.05) is 11.9 Å². The summed E-state index contributed by atoms with van der Waals surface area (Å²) in [7, 11) is 0. The first kappa shape index (κ1) is 16.1. The Bertz CT molecular complexity index is 965. The van der Waals surface area contributed by atoms with E-state index in [0.29, 0.717) is 21.9 Å². The minimum absolute atomic E-state index is 0.00164. The number of hydrogen-bond acceptors (Lipinski definition) is 4. The van der Waals surface area contributed by atoms with Crippen LogP contribution in [-0.2, 0) is 4.79 Å². The number of nitrogens with one attached hydrogen (secondary N) is 1. The molecule has 0 amide bonds. The van der Waals surface area contributed by atoms with Gasteiger partial charge in [-0.25, -0.2) is 4.79 Å². The zero-order chi connectivity index (χ0) is 17.1. The van der Waals surface area contributed by atoms with Crippen LogP contribution in [0.1, 0.15) is 6.42 Å². The van der Waals surface area contributed by atoms with Gasteiger partial charge in [-0.15, -0.1) is 0 Å². The number of rotatable bonds is 5. The third kappa shape index (κ3) is 3.41. The van der Waals surface area contributed by atoms with E-state index in [0.717, 1.165) is 10.9 Å². The molecular weight excluding hydrogens is 330 g/mol. The van der Waals surface area contributed by atoms with Gasteiger partial charge in [-0.1, -0.05) is 29.8 Å². The Hall–Kier alpha value is -2.79. The standard InChI is InChI=1S/C18H14ClNO4/c19-15-4-2-1-3-12(15)14-10-18(23)24-16-9-11(5-6-13(14)16)20-8-7-17(21)22/h1-6,9-10,20H,7-8H2,(H,21,22). The molecule has 0 atom stereocenters. The van der Waals surface area contributed by atoms with Crippen molar-refractivity contribution >= 4 is 34.2 Å². The maximum Gasteiger partial charge on any atom is 0.336 e. The van der Waals surface area contributed by atoms with Crippen molar-refractivity contribution in [2.24, 2.45) is 0 Å². The van der Waals surface area contributed by atoms with Crippen molar-refractivity contribution in [1.29, 1.82) is 0 Å². The SMILES string of the molecule is O=C(O)CCNc1ccc2c(-c3ccccc3Cl)cc(=O)oc2c1. The van der Waals surface area contributed by atoms with Gasteiger partial charge in [-0.3, -0.25) is 4.79 Å². The minimum Gasteiger partial charge on any atom is -0.481 e. The zero-order valence-corrected chi connectivity index (χ0v) is 13.3. The summed E-state index contributed by atoms with van der Waals surface area (Å²) in [4.78, 5) is 22.5. The van der Waals surface area contributed by atoms with Gasteiger partial charge in [-0.05, 0) is 18.2 Å². The second-order valence-corrected chi connectivity index (χ2v) is 5.65. The highest BCUT2D eigenvalue weighted by Crippen LogP contribution is 2.33. The Kier molecular flexibility index (Phi) is 4.53. The van der Waals surface area contributed by atoms with Gasteiger partial charge >= 0.3 is 11.6 Å². The molecule has 3 rings (SSSR count). The van der Waals surface area contributed by atoms with Crippen LogP contribution in [0.2, 0.25) is 5.02 Å². The third-order valence-corrected chi connectivity index (χ3v) is 3.91. The van der Waals surface area contributed by atoms with Crippen LogP contribution < -0.4 is 10.9 Å². The van der Waals surface area contributed by atoms with E-state index in [2.05, 4.69) is 5.32 Å². The summed E-state index contributed by atoms with van der Waals surface area (Å²) in [6.45, 7) is 0.287. The lowest BCUT2D eigenvalue weighted by Crippen LogP contribution is -2.07. The van der Waals surface area contributed by atoms with Gasteiger partial charge in [0.25, 0.3) is 0 Å². The highest BCUT2D eigenvalue weighted by atomic mass is 35.5. The molecule has 1 heterocycles. The molecule has 1 aromatic heterocycles. The van der Waals surface area contributed by atoms with Crippen molar-refractivity contribution in [2.45, 2.75) is 6.42 Å². The Morgan fingerprint density at radius 3 is 2.67 bits per heavy atom. The van der Waals surface area contributed by atoms with E-state index in [-0.39, 0.29) is 13.0 Å². The summed E-state index contributed by atoms with van der Waals surface area (Å²) in [6, 6.07) is 14.0. The number of aliphatic carboxylic acids is 1. The number of carbonyl (C=O) groups is 1. The summed E-state index contributed by atoms with van der Waals surface area (Å²) in [6.07, 6.45) is 0.00164. The summed E-state index contributed by atoms with van der Waals surface area (Å²) >= 11 is 6.24. The normalized spacial score (nSPS) is 10.7. The molecule has 3 aromatic rings. The smallest absolute Gasteiger partial charge is 0.336 e. The summed E-state index contributed by atoms with van der Waals surface area (Å²) < 4.78 is 5.28. The lowest BCUT2D eigenvalue weighted by Gasteiger charge is -2.10. The van der Waals surface area contributed by atoms with Gasteiger partial charge in [0.05, 0.1) is 6.42 Å². The average Bonchev–Trinajstić information content (AvgIpc) is 2.54. The molecule has 0 aliphatic carbocycles. The summed E-state index contributed by atoms with van der Waals surface area (Å²) in [5.41, 5.74) is 2.08. The van der Waals surface area contributed by atoms with Gasteiger partial charge in [0, 0.05) is 45.9 Å². The molecule has 0 saturated heterocycles. The molecule has 0 bridgehead atoms. The molecule has 2 N–H and O–H groups in total. The molecule has 0 aliphatic heterocycles. The number of carboxylic acids is 1. The van der Waals surface area contributed by atoms with Crippen LogP contribution in [0.25, 0.3) is 22.1 Å². The Morgan fingerprint density at radius 1 is 1.12 bits per heavy atom. The van der Waals surface area contributed by atoms with Crippen LogP contribution in [-0.4, -0.2) is 17.6 Å². The molecule has 2 aromatic carbocycles. The maximum absolute atomic E-state index is 11.9. The quantitative estimate of drug-likeness (QED) is 0.684. The first-order valence-corrected chi connectivity index (χ1v) is 7.71. The van der Waals surface area contributed by atoms with E-state index in [4.69, 9.17) is 21.1 Å². The van der Waals surface area contributed by atoms with E-state index in [1.165, 1.54) is 6.07 Å². The average molecular weight is 344 g/mol. The number of benzene rings is 2. The van der Waals surface area contributed by atoms with E-state index < -0.39 is 11.6 Å². The summed E-state index contributed by atoms with van der Waals surface area (Å²) in [5.74, 6) is -0.879. The summed E-state index contributed by atoms with van der Waals surface area (Å²) in [5, 5.41) is 13.0. The predicted molar refractivity (Wildman–Crippen MR) is 93.7 cm³/mol. The Morgan fingerprint density at radius 2 is 1.92 bits per heavy atom. The highest BCUT2D eigenvalue weighted by Gasteiger charge is 2.11. The van der Waals surface area contributed by atoms with Crippen LogP contribution in [0.5, 0.6) is 0 Å². The second-order valence-electron chi connectivity index (χ2n) is 5.24. The van der Waals surface area contributed by atoms with E-state index in [9.17, 15) is 9.59 Å². The maximum atomic E-state index is 11.9. The van der Waals surface area contributed by atoms with Crippen LogP contribution >= 0.6 is 11.6 Å². The van der Waals surface area contributed by atoms with Crippen LogP contribution in [0, 0.1) is 0 Å². The third-order valence-electron chi connectivity index (χ3n) is 3.58. The lowest BCUT2D eigenvalue weighted by molar-refractivity contribution is -0.136. The monoisotopic (exact) mass is 343 g/mol. The number of halogens is 1. The molecule has 0 aliphatic rings. The molecule has 5 nitrogen and oxygen atoms in total. The number of fused-ring (bicyclic) bond motifs is 1. The van der Waals surface area contributed by atoms with Crippen molar-refractivity contribution in [3.63, 3.8) is 0 Å². The van der Waals surface area contributed by atoms with Gasteiger partial charge in [0.15, 0.2) is 0 Å². The zero-order valence-electron chi connectivity index (χ0n) is 12.6. The number of anilines is 1. The molecule has 122 valence electrons. The van der Waals surface area contributed by atoms with Crippen LogP contribution in [0.3, 0.4) is 0 Å². The van der Waals surface area contributed by atoms with Gasteiger partial charge in [-0.2, -0.15) is 0 Å². The topological polar surface area (TPSA) is 79.5 Å². The first-order chi connectivity index (χ1) is 11.5. The van der Waals surface area contributed by atoms with Crippen LogP contribution in [0.15, 0.2) is 57.7 Å². The van der Waals surface area contributed by atoms with Crippen molar-refractivity contribution in [1.82, 2.24) is 0 Å².